The van der Waals surface area contributed by atoms with Crippen LogP contribution < -0.4 is 19.5 Å². The SMILES string of the molecule is COc1ccc(OC)c(OC)c1C=NN=C1NC(=O)C(CC(=O)O)S1. The molecule has 1 aliphatic rings. The van der Waals surface area contributed by atoms with Crippen LogP contribution in [0, 0.1) is 0 Å². The number of nitrogens with zero attached hydrogens (tertiary/aromatic N) is 2. The van der Waals surface area contributed by atoms with Crippen molar-refractivity contribution in [2.75, 3.05) is 21.3 Å². The van der Waals surface area contributed by atoms with Crippen LogP contribution in [0.5, 0.6) is 17.2 Å². The van der Waals surface area contributed by atoms with Gasteiger partial charge in [0.05, 0.1) is 39.5 Å². The Morgan fingerprint density at radius 3 is 2.56 bits per heavy atom. The molecule has 1 aromatic rings. The number of hydrogen-bond acceptors (Lipinski definition) is 8. The molecular formula is C15H17N3O6S. The summed E-state index contributed by atoms with van der Waals surface area (Å²) in [7, 11) is 4.51. The molecule has 0 aromatic heterocycles. The van der Waals surface area contributed by atoms with Crippen molar-refractivity contribution < 1.29 is 28.9 Å². The lowest BCUT2D eigenvalue weighted by molar-refractivity contribution is -0.138. The summed E-state index contributed by atoms with van der Waals surface area (Å²) in [5.74, 6) is -0.0188. The zero-order valence-electron chi connectivity index (χ0n) is 13.8. The first kappa shape index (κ1) is 18.6. The third-order valence-electron chi connectivity index (χ3n) is 3.24. The Morgan fingerprint density at radius 2 is 1.96 bits per heavy atom. The number of carbonyl (C=O) groups is 2. The number of rotatable bonds is 7. The van der Waals surface area contributed by atoms with E-state index in [-0.39, 0.29) is 11.6 Å². The summed E-state index contributed by atoms with van der Waals surface area (Å²) in [5.41, 5.74) is 0.519. The molecule has 0 saturated carbocycles. The largest absolute Gasteiger partial charge is 0.496 e. The molecule has 1 unspecified atom stereocenters. The van der Waals surface area contributed by atoms with Gasteiger partial charge in [-0.1, -0.05) is 11.8 Å². The number of carboxylic acid groups (broad SMARTS) is 1. The number of nitrogens with one attached hydrogen (secondary N) is 1. The standard InChI is InChI=1S/C15H17N3O6S/c1-22-9-4-5-10(23-2)13(24-3)8(9)7-16-18-15-17-14(21)11(25-15)6-12(19)20/h4-5,7,11H,6H2,1-3H3,(H,19,20)(H,17,18,21). The van der Waals surface area contributed by atoms with E-state index >= 15 is 0 Å². The van der Waals surface area contributed by atoms with E-state index in [2.05, 4.69) is 15.5 Å². The third kappa shape index (κ3) is 4.41. The van der Waals surface area contributed by atoms with Gasteiger partial charge in [-0.25, -0.2) is 0 Å². The predicted octanol–water partition coefficient (Wildman–Crippen LogP) is 1.11. The number of methoxy groups -OCH3 is 3. The summed E-state index contributed by atoms with van der Waals surface area (Å²) in [6.07, 6.45) is 1.13. The van der Waals surface area contributed by atoms with Crippen LogP contribution in [0.2, 0.25) is 0 Å². The highest BCUT2D eigenvalue weighted by molar-refractivity contribution is 8.15. The van der Waals surface area contributed by atoms with Crippen molar-refractivity contribution in [2.45, 2.75) is 11.7 Å². The number of amides is 1. The molecule has 0 bridgehead atoms. The van der Waals surface area contributed by atoms with E-state index in [1.54, 1.807) is 12.1 Å². The third-order valence-corrected chi connectivity index (χ3v) is 4.31. The minimum atomic E-state index is -1.05. The highest BCUT2D eigenvalue weighted by atomic mass is 32.2. The lowest BCUT2D eigenvalue weighted by Crippen LogP contribution is -2.26. The van der Waals surface area contributed by atoms with Gasteiger partial charge in [-0.15, -0.1) is 5.10 Å². The monoisotopic (exact) mass is 367 g/mol. The number of carboxylic acids is 1. The molecule has 25 heavy (non-hydrogen) atoms. The molecule has 1 saturated heterocycles. The van der Waals surface area contributed by atoms with Gasteiger partial charge < -0.3 is 24.6 Å². The van der Waals surface area contributed by atoms with Crippen LogP contribution in [0.25, 0.3) is 0 Å². The van der Waals surface area contributed by atoms with Crippen molar-refractivity contribution in [3.63, 3.8) is 0 Å². The smallest absolute Gasteiger partial charge is 0.305 e. The van der Waals surface area contributed by atoms with E-state index in [9.17, 15) is 9.59 Å². The first-order valence-electron chi connectivity index (χ1n) is 7.09. The maximum absolute atomic E-state index is 11.7. The Bertz CT molecular complexity index is 734. The lowest BCUT2D eigenvalue weighted by atomic mass is 10.1. The summed E-state index contributed by atoms with van der Waals surface area (Å²) >= 11 is 1.02. The predicted molar refractivity (Wildman–Crippen MR) is 92.9 cm³/mol. The Kier molecular flexibility index (Phi) is 6.23. The summed E-state index contributed by atoms with van der Waals surface area (Å²) < 4.78 is 15.8. The molecule has 1 fully saturated rings. The van der Waals surface area contributed by atoms with E-state index in [4.69, 9.17) is 19.3 Å². The van der Waals surface area contributed by atoms with Crippen molar-refractivity contribution in [1.29, 1.82) is 0 Å². The quantitative estimate of drug-likeness (QED) is 0.547. The van der Waals surface area contributed by atoms with Crippen LogP contribution in [-0.4, -0.2) is 54.9 Å². The molecule has 1 aromatic carbocycles. The maximum atomic E-state index is 11.7. The highest BCUT2D eigenvalue weighted by Crippen LogP contribution is 2.36. The van der Waals surface area contributed by atoms with Gasteiger partial charge in [0, 0.05) is 0 Å². The van der Waals surface area contributed by atoms with Gasteiger partial charge in [-0.2, -0.15) is 5.10 Å². The van der Waals surface area contributed by atoms with Gasteiger partial charge in [-0.3, -0.25) is 9.59 Å². The van der Waals surface area contributed by atoms with Crippen LogP contribution in [0.4, 0.5) is 0 Å². The summed E-state index contributed by atoms with van der Waals surface area (Å²) in [4.78, 5) is 22.4. The number of thioether (sulfide) groups is 1. The van der Waals surface area contributed by atoms with Crippen LogP contribution in [0.1, 0.15) is 12.0 Å². The Morgan fingerprint density at radius 1 is 1.28 bits per heavy atom. The van der Waals surface area contributed by atoms with Crippen LogP contribution >= 0.6 is 11.8 Å². The fraction of sp³-hybridized carbons (Fsp3) is 0.333. The molecule has 0 spiro atoms. The van der Waals surface area contributed by atoms with E-state index in [1.807, 2.05) is 0 Å². The number of ether oxygens (including phenoxy) is 3. The molecule has 1 heterocycles. The second-order valence-corrected chi connectivity index (χ2v) is 5.95. The minimum absolute atomic E-state index is 0.230. The topological polar surface area (TPSA) is 119 Å². The number of hydrogen-bond donors (Lipinski definition) is 2. The summed E-state index contributed by atoms with van der Waals surface area (Å²) in [6, 6.07) is 3.40. The molecule has 0 aliphatic carbocycles. The van der Waals surface area contributed by atoms with E-state index < -0.39 is 17.1 Å². The normalized spacial score (nSPS) is 18.4. The zero-order valence-corrected chi connectivity index (χ0v) is 14.6. The first-order chi connectivity index (χ1) is 12.0. The van der Waals surface area contributed by atoms with Crippen molar-refractivity contribution in [2.24, 2.45) is 10.2 Å². The van der Waals surface area contributed by atoms with Crippen LogP contribution in [-0.2, 0) is 9.59 Å². The second-order valence-electron chi connectivity index (χ2n) is 4.76. The van der Waals surface area contributed by atoms with E-state index in [0.29, 0.717) is 22.8 Å². The van der Waals surface area contributed by atoms with Gasteiger partial charge >= 0.3 is 5.97 Å². The fourth-order valence-electron chi connectivity index (χ4n) is 2.12. The van der Waals surface area contributed by atoms with Crippen LogP contribution in [0.3, 0.4) is 0 Å². The van der Waals surface area contributed by atoms with Gasteiger partial charge in [0.15, 0.2) is 16.7 Å². The van der Waals surface area contributed by atoms with Gasteiger partial charge in [-0.05, 0) is 12.1 Å². The lowest BCUT2D eigenvalue weighted by Gasteiger charge is -2.13. The van der Waals surface area contributed by atoms with Crippen molar-refractivity contribution in [3.8, 4) is 17.2 Å². The fourth-order valence-corrected chi connectivity index (χ4v) is 3.03. The molecule has 2 N–H and O–H groups in total. The molecule has 10 heteroatoms. The maximum Gasteiger partial charge on any atom is 0.305 e. The highest BCUT2D eigenvalue weighted by Gasteiger charge is 2.32. The number of amidine groups is 1. The molecule has 1 aliphatic heterocycles. The van der Waals surface area contributed by atoms with E-state index in [1.165, 1.54) is 27.5 Å². The van der Waals surface area contributed by atoms with Crippen molar-refractivity contribution in [1.82, 2.24) is 5.32 Å². The van der Waals surface area contributed by atoms with Crippen LogP contribution in [0.15, 0.2) is 22.3 Å². The number of carbonyl (C=O) groups excluding carboxylic acids is 1. The average molecular weight is 367 g/mol. The summed E-state index contributed by atoms with van der Waals surface area (Å²) in [5, 5.41) is 18.6. The Hall–Kier alpha value is -2.75. The molecule has 1 atom stereocenters. The zero-order chi connectivity index (χ0) is 18.4. The van der Waals surface area contributed by atoms with E-state index in [0.717, 1.165) is 11.8 Å². The summed E-state index contributed by atoms with van der Waals surface area (Å²) in [6.45, 7) is 0. The Labute approximate surface area is 148 Å². The Balaban J connectivity index is 2.22. The minimum Gasteiger partial charge on any atom is -0.496 e. The molecular weight excluding hydrogens is 350 g/mol. The molecule has 9 nitrogen and oxygen atoms in total. The average Bonchev–Trinajstić information content (AvgIpc) is 2.93. The van der Waals surface area contributed by atoms with Gasteiger partial charge in [0.1, 0.15) is 11.0 Å². The molecule has 2 rings (SSSR count). The van der Waals surface area contributed by atoms with Gasteiger partial charge in [0.25, 0.3) is 0 Å². The first-order valence-corrected chi connectivity index (χ1v) is 7.97. The molecule has 0 radical (unpaired) electrons. The molecule has 1 amide bonds. The van der Waals surface area contributed by atoms with Crippen molar-refractivity contribution in [3.05, 3.63) is 17.7 Å². The second kappa shape index (κ2) is 8.38. The van der Waals surface area contributed by atoms with Crippen molar-refractivity contribution >= 4 is 35.0 Å². The van der Waals surface area contributed by atoms with Gasteiger partial charge in [0.2, 0.25) is 5.91 Å². The number of benzene rings is 1. The molecule has 134 valence electrons. The number of aliphatic carboxylic acids is 1.